The molecule has 0 aromatic heterocycles. The molecule has 1 amide bonds. The largest absolute Gasteiger partial charge is 0.494 e. The molecule has 1 N–H and O–H groups in total. The molecule has 9 heteroatoms. The van der Waals surface area contributed by atoms with Crippen LogP contribution < -0.4 is 10.1 Å². The van der Waals surface area contributed by atoms with Gasteiger partial charge in [0.1, 0.15) is 0 Å². The van der Waals surface area contributed by atoms with Gasteiger partial charge < -0.3 is 14.8 Å². The number of alkyl halides is 2. The quantitative estimate of drug-likeness (QED) is 0.398. The second kappa shape index (κ2) is 10.4. The molecule has 2 aromatic rings. The minimum atomic E-state index is -2.53. The lowest BCUT2D eigenvalue weighted by Crippen LogP contribution is -2.20. The van der Waals surface area contributed by atoms with Crippen molar-refractivity contribution in [2.24, 2.45) is 0 Å². The first kappa shape index (κ1) is 21.4. The van der Waals surface area contributed by atoms with Crippen molar-refractivity contribution >= 4 is 35.4 Å². The van der Waals surface area contributed by atoms with Gasteiger partial charge in [0.2, 0.25) is 0 Å². The Morgan fingerprint density at radius 1 is 1.18 bits per heavy atom. The van der Waals surface area contributed by atoms with E-state index in [1.165, 1.54) is 49.6 Å². The van der Waals surface area contributed by atoms with Crippen LogP contribution in [-0.4, -0.2) is 31.4 Å². The summed E-state index contributed by atoms with van der Waals surface area (Å²) in [4.78, 5) is 23.8. The van der Waals surface area contributed by atoms with Crippen molar-refractivity contribution in [3.8, 4) is 5.75 Å². The number of anilines is 1. The van der Waals surface area contributed by atoms with Crippen LogP contribution in [0.15, 0.2) is 53.4 Å². The van der Waals surface area contributed by atoms with Crippen LogP contribution in [0.3, 0.4) is 0 Å². The molecular formula is C19H16F3NO4S. The number of amides is 1. The first-order valence-corrected chi connectivity index (χ1v) is 8.78. The lowest BCUT2D eigenvalue weighted by molar-refractivity contribution is -0.142. The molecule has 0 fully saturated rings. The molecule has 0 heterocycles. The SMILES string of the molecule is COc1ccc(/C=C/C(=O)OCC(=O)Nc2ccc(SC(F)F)cc2)cc1F. The van der Waals surface area contributed by atoms with Gasteiger partial charge in [-0.2, -0.15) is 8.78 Å². The van der Waals surface area contributed by atoms with Crippen LogP contribution in [0.5, 0.6) is 5.75 Å². The molecule has 0 spiro atoms. The van der Waals surface area contributed by atoms with E-state index in [1.807, 2.05) is 0 Å². The zero-order valence-electron chi connectivity index (χ0n) is 14.7. The fraction of sp³-hybridized carbons (Fsp3) is 0.158. The van der Waals surface area contributed by atoms with Crippen LogP contribution in [-0.2, 0) is 14.3 Å². The van der Waals surface area contributed by atoms with Crippen LogP contribution in [0, 0.1) is 5.82 Å². The van der Waals surface area contributed by atoms with Gasteiger partial charge in [-0.1, -0.05) is 17.8 Å². The third-order valence-electron chi connectivity index (χ3n) is 3.30. The van der Waals surface area contributed by atoms with Crippen molar-refractivity contribution in [3.05, 3.63) is 59.9 Å². The highest BCUT2D eigenvalue weighted by Gasteiger charge is 2.08. The Hall–Kier alpha value is -2.94. The Morgan fingerprint density at radius 2 is 1.89 bits per heavy atom. The maximum absolute atomic E-state index is 13.6. The zero-order valence-corrected chi connectivity index (χ0v) is 15.5. The van der Waals surface area contributed by atoms with Crippen LogP contribution in [0.25, 0.3) is 6.08 Å². The number of hydrogen-bond donors (Lipinski definition) is 1. The van der Waals surface area contributed by atoms with Gasteiger partial charge in [0.25, 0.3) is 11.7 Å². The standard InChI is InChI=1S/C19H16F3NO4S/c1-26-16-8-2-12(10-15(16)20)3-9-18(25)27-11-17(24)23-13-4-6-14(7-5-13)28-19(21)22/h2-10,19H,11H2,1H3,(H,23,24)/b9-3+. The van der Waals surface area contributed by atoms with Gasteiger partial charge in [0.05, 0.1) is 7.11 Å². The minimum Gasteiger partial charge on any atom is -0.494 e. The predicted molar refractivity (Wildman–Crippen MR) is 99.9 cm³/mol. The van der Waals surface area contributed by atoms with Crippen molar-refractivity contribution in [2.45, 2.75) is 10.7 Å². The molecule has 0 aliphatic rings. The highest BCUT2D eigenvalue weighted by molar-refractivity contribution is 7.99. The van der Waals surface area contributed by atoms with E-state index in [1.54, 1.807) is 6.07 Å². The summed E-state index contributed by atoms with van der Waals surface area (Å²) in [6.07, 6.45) is 2.40. The topological polar surface area (TPSA) is 64.6 Å². The number of ether oxygens (including phenoxy) is 2. The summed E-state index contributed by atoms with van der Waals surface area (Å²) in [5.74, 6) is -4.39. The molecular weight excluding hydrogens is 395 g/mol. The molecule has 2 rings (SSSR count). The number of esters is 1. The van der Waals surface area contributed by atoms with E-state index >= 15 is 0 Å². The Labute approximate surface area is 163 Å². The van der Waals surface area contributed by atoms with Crippen LogP contribution in [0.2, 0.25) is 0 Å². The number of halogens is 3. The van der Waals surface area contributed by atoms with Gasteiger partial charge >= 0.3 is 5.97 Å². The number of rotatable bonds is 8. The Balaban J connectivity index is 1.80. The number of hydrogen-bond acceptors (Lipinski definition) is 5. The molecule has 0 saturated heterocycles. The van der Waals surface area contributed by atoms with Gasteiger partial charge in [0, 0.05) is 16.7 Å². The summed E-state index contributed by atoms with van der Waals surface area (Å²) < 4.78 is 47.6. The van der Waals surface area contributed by atoms with E-state index in [2.05, 4.69) is 5.32 Å². The lowest BCUT2D eigenvalue weighted by atomic mass is 10.2. The van der Waals surface area contributed by atoms with Crippen molar-refractivity contribution < 1.29 is 32.2 Å². The fourth-order valence-electron chi connectivity index (χ4n) is 2.05. The summed E-state index contributed by atoms with van der Waals surface area (Å²) in [6.45, 7) is -0.534. The molecule has 0 aliphatic heterocycles. The Kier molecular flexibility index (Phi) is 7.94. The van der Waals surface area contributed by atoms with Crippen LogP contribution in [0.4, 0.5) is 18.9 Å². The van der Waals surface area contributed by atoms with Gasteiger partial charge in [-0.25, -0.2) is 9.18 Å². The van der Waals surface area contributed by atoms with Crippen molar-refractivity contribution in [1.29, 1.82) is 0 Å². The average Bonchev–Trinajstić information content (AvgIpc) is 2.66. The normalized spacial score (nSPS) is 10.9. The monoisotopic (exact) mass is 411 g/mol. The molecule has 28 heavy (non-hydrogen) atoms. The number of thioether (sulfide) groups is 1. The molecule has 0 bridgehead atoms. The summed E-state index contributed by atoms with van der Waals surface area (Å²) in [7, 11) is 1.34. The first-order chi connectivity index (χ1) is 13.4. The summed E-state index contributed by atoms with van der Waals surface area (Å²) in [5.41, 5.74) is 0.797. The maximum Gasteiger partial charge on any atom is 0.331 e. The van der Waals surface area contributed by atoms with E-state index in [4.69, 9.17) is 9.47 Å². The molecule has 0 aliphatic carbocycles. The fourth-order valence-corrected chi connectivity index (χ4v) is 2.55. The van der Waals surface area contributed by atoms with Gasteiger partial charge in [0.15, 0.2) is 18.2 Å². The number of carbonyl (C=O) groups excluding carboxylic acids is 2. The summed E-state index contributed by atoms with van der Waals surface area (Å²) in [6, 6.07) is 9.95. The van der Waals surface area contributed by atoms with Crippen molar-refractivity contribution in [3.63, 3.8) is 0 Å². The highest BCUT2D eigenvalue weighted by atomic mass is 32.2. The van der Waals surface area contributed by atoms with Gasteiger partial charge in [-0.05, 0) is 48.0 Å². The van der Waals surface area contributed by atoms with E-state index in [0.29, 0.717) is 27.9 Å². The van der Waals surface area contributed by atoms with E-state index in [9.17, 15) is 22.8 Å². The smallest absolute Gasteiger partial charge is 0.331 e. The Bertz CT molecular complexity index is 857. The molecule has 0 atom stereocenters. The van der Waals surface area contributed by atoms with E-state index in [0.717, 1.165) is 6.08 Å². The summed E-state index contributed by atoms with van der Waals surface area (Å²) >= 11 is 0.393. The first-order valence-electron chi connectivity index (χ1n) is 7.90. The summed E-state index contributed by atoms with van der Waals surface area (Å²) in [5, 5.41) is 2.47. The number of methoxy groups -OCH3 is 1. The molecule has 0 saturated carbocycles. The third kappa shape index (κ3) is 6.99. The van der Waals surface area contributed by atoms with Crippen molar-refractivity contribution in [1.82, 2.24) is 0 Å². The van der Waals surface area contributed by atoms with Crippen LogP contribution >= 0.6 is 11.8 Å². The second-order valence-electron chi connectivity index (χ2n) is 5.29. The second-order valence-corrected chi connectivity index (χ2v) is 6.35. The highest BCUT2D eigenvalue weighted by Crippen LogP contribution is 2.26. The number of nitrogens with one attached hydrogen (secondary N) is 1. The number of benzene rings is 2. The molecule has 5 nitrogen and oxygen atoms in total. The molecule has 148 valence electrons. The lowest BCUT2D eigenvalue weighted by Gasteiger charge is -2.06. The van der Waals surface area contributed by atoms with Gasteiger partial charge in [-0.15, -0.1) is 0 Å². The van der Waals surface area contributed by atoms with Gasteiger partial charge in [-0.3, -0.25) is 4.79 Å². The van der Waals surface area contributed by atoms with E-state index < -0.39 is 30.1 Å². The minimum absolute atomic E-state index is 0.0808. The predicted octanol–water partition coefficient (Wildman–Crippen LogP) is 4.34. The molecule has 0 radical (unpaired) electrons. The number of carbonyl (C=O) groups is 2. The Morgan fingerprint density at radius 3 is 2.50 bits per heavy atom. The van der Waals surface area contributed by atoms with Crippen molar-refractivity contribution in [2.75, 3.05) is 19.0 Å². The maximum atomic E-state index is 13.6. The van der Waals surface area contributed by atoms with Crippen LogP contribution in [0.1, 0.15) is 5.56 Å². The third-order valence-corrected chi connectivity index (χ3v) is 4.02. The zero-order chi connectivity index (χ0) is 20.5. The molecule has 0 unspecified atom stereocenters. The average molecular weight is 411 g/mol. The molecule has 2 aromatic carbocycles. The van der Waals surface area contributed by atoms with E-state index in [-0.39, 0.29) is 5.75 Å².